The van der Waals surface area contributed by atoms with Crippen molar-refractivity contribution >= 4 is 35.0 Å². The topological polar surface area (TPSA) is 86.9 Å². The van der Waals surface area contributed by atoms with Gasteiger partial charge in [0.05, 0.1) is 23.2 Å². The number of thioether (sulfide) groups is 1. The van der Waals surface area contributed by atoms with E-state index in [1.165, 1.54) is 24.2 Å². The first kappa shape index (κ1) is 11.8. The van der Waals surface area contributed by atoms with Crippen LogP contribution in [0.4, 0.5) is 11.4 Å². The van der Waals surface area contributed by atoms with E-state index in [0.717, 1.165) is 10.6 Å². The minimum absolute atomic E-state index is 0.0317. The fourth-order valence-electron chi connectivity index (χ4n) is 1.74. The standard InChI is InChI=1S/C12H10N4O2S/c17-11-6-19-10-2-1-8(3-9(10)16-11)15-12(18)7-4-13-14-5-7/h1-5H,6H2,(H,13,14)(H,15,18)(H,16,17). The van der Waals surface area contributed by atoms with Crippen molar-refractivity contribution in [3.63, 3.8) is 0 Å². The van der Waals surface area contributed by atoms with Gasteiger partial charge in [0, 0.05) is 16.8 Å². The summed E-state index contributed by atoms with van der Waals surface area (Å²) in [4.78, 5) is 24.2. The number of nitrogens with zero attached hydrogens (tertiary/aromatic N) is 1. The van der Waals surface area contributed by atoms with E-state index in [9.17, 15) is 9.59 Å². The molecule has 3 rings (SSSR count). The van der Waals surface area contributed by atoms with Crippen LogP contribution in [-0.2, 0) is 4.79 Å². The lowest BCUT2D eigenvalue weighted by molar-refractivity contribution is -0.113. The molecule has 19 heavy (non-hydrogen) atoms. The van der Waals surface area contributed by atoms with Crippen molar-refractivity contribution in [2.24, 2.45) is 0 Å². The minimum atomic E-state index is -0.247. The van der Waals surface area contributed by atoms with Gasteiger partial charge < -0.3 is 10.6 Å². The number of aromatic amines is 1. The first-order valence-electron chi connectivity index (χ1n) is 5.59. The van der Waals surface area contributed by atoms with E-state index in [0.29, 0.717) is 17.0 Å². The van der Waals surface area contributed by atoms with E-state index < -0.39 is 0 Å². The van der Waals surface area contributed by atoms with Crippen molar-refractivity contribution in [1.82, 2.24) is 10.2 Å². The second-order valence-electron chi connectivity index (χ2n) is 3.99. The van der Waals surface area contributed by atoms with Gasteiger partial charge in [-0.3, -0.25) is 14.7 Å². The Kier molecular flexibility index (Phi) is 2.96. The molecule has 0 bridgehead atoms. The highest BCUT2D eigenvalue weighted by Gasteiger charge is 2.16. The molecule has 6 nitrogen and oxygen atoms in total. The molecule has 0 fully saturated rings. The van der Waals surface area contributed by atoms with E-state index >= 15 is 0 Å². The monoisotopic (exact) mass is 274 g/mol. The molecule has 7 heteroatoms. The van der Waals surface area contributed by atoms with Gasteiger partial charge in [-0.15, -0.1) is 11.8 Å². The molecule has 0 unspecified atom stereocenters. The first-order valence-corrected chi connectivity index (χ1v) is 6.58. The largest absolute Gasteiger partial charge is 0.324 e. The van der Waals surface area contributed by atoms with Crippen LogP contribution in [-0.4, -0.2) is 27.8 Å². The number of aromatic nitrogens is 2. The summed E-state index contributed by atoms with van der Waals surface area (Å²) >= 11 is 1.48. The molecule has 2 amide bonds. The molecule has 96 valence electrons. The quantitative estimate of drug-likeness (QED) is 0.778. The summed E-state index contributed by atoms with van der Waals surface area (Å²) in [5.41, 5.74) is 1.81. The molecule has 0 saturated heterocycles. The van der Waals surface area contributed by atoms with Crippen LogP contribution in [0.15, 0.2) is 35.5 Å². The molecular weight excluding hydrogens is 264 g/mol. The molecule has 1 aliphatic heterocycles. The van der Waals surface area contributed by atoms with Gasteiger partial charge in [0.25, 0.3) is 5.91 Å². The van der Waals surface area contributed by atoms with Crippen LogP contribution in [0.25, 0.3) is 0 Å². The van der Waals surface area contributed by atoms with Crippen LogP contribution in [0.1, 0.15) is 10.4 Å². The Balaban J connectivity index is 1.81. The lowest BCUT2D eigenvalue weighted by Crippen LogP contribution is -2.19. The maximum Gasteiger partial charge on any atom is 0.258 e. The number of fused-ring (bicyclic) bond motifs is 1. The Bertz CT molecular complexity index is 639. The number of hydrogen-bond donors (Lipinski definition) is 3. The number of hydrogen-bond acceptors (Lipinski definition) is 4. The number of carbonyl (C=O) groups excluding carboxylic acids is 2. The van der Waals surface area contributed by atoms with Crippen molar-refractivity contribution in [3.05, 3.63) is 36.2 Å². The number of nitrogens with one attached hydrogen (secondary N) is 3. The van der Waals surface area contributed by atoms with E-state index in [4.69, 9.17) is 0 Å². The van der Waals surface area contributed by atoms with E-state index in [1.54, 1.807) is 12.1 Å². The molecular formula is C12H10N4O2S. The number of carbonyl (C=O) groups is 2. The molecule has 1 aromatic heterocycles. The molecule has 2 heterocycles. The van der Waals surface area contributed by atoms with Gasteiger partial charge in [-0.05, 0) is 18.2 Å². The van der Waals surface area contributed by atoms with E-state index in [-0.39, 0.29) is 11.8 Å². The Morgan fingerprint density at radius 3 is 3.11 bits per heavy atom. The summed E-state index contributed by atoms with van der Waals surface area (Å²) in [5.74, 6) is 0.146. The average molecular weight is 274 g/mol. The van der Waals surface area contributed by atoms with Crippen LogP contribution < -0.4 is 10.6 Å². The fourth-order valence-corrected chi connectivity index (χ4v) is 2.53. The molecule has 0 saturated carbocycles. The highest BCUT2D eigenvalue weighted by Crippen LogP contribution is 2.33. The summed E-state index contributed by atoms with van der Waals surface area (Å²) in [7, 11) is 0. The Hall–Kier alpha value is -2.28. The maximum atomic E-state index is 11.8. The van der Waals surface area contributed by atoms with Crippen LogP contribution in [0, 0.1) is 0 Å². The molecule has 1 aliphatic rings. The van der Waals surface area contributed by atoms with Crippen LogP contribution in [0.5, 0.6) is 0 Å². The maximum absolute atomic E-state index is 11.8. The summed E-state index contributed by atoms with van der Waals surface area (Å²) in [6.07, 6.45) is 2.97. The van der Waals surface area contributed by atoms with Gasteiger partial charge in [-0.25, -0.2) is 0 Å². The van der Waals surface area contributed by atoms with E-state index in [1.807, 2.05) is 6.07 Å². The van der Waals surface area contributed by atoms with Crippen molar-refractivity contribution < 1.29 is 9.59 Å². The number of rotatable bonds is 2. The molecule has 0 aliphatic carbocycles. The van der Waals surface area contributed by atoms with Crippen molar-refractivity contribution in [2.45, 2.75) is 4.90 Å². The van der Waals surface area contributed by atoms with Crippen LogP contribution >= 0.6 is 11.8 Å². The fraction of sp³-hybridized carbons (Fsp3) is 0.0833. The average Bonchev–Trinajstić information content (AvgIpc) is 2.92. The Morgan fingerprint density at radius 1 is 1.42 bits per heavy atom. The third-order valence-electron chi connectivity index (χ3n) is 2.63. The van der Waals surface area contributed by atoms with Gasteiger partial charge in [-0.2, -0.15) is 5.10 Å². The van der Waals surface area contributed by atoms with Crippen molar-refractivity contribution in [3.8, 4) is 0 Å². The van der Waals surface area contributed by atoms with Crippen LogP contribution in [0.3, 0.4) is 0 Å². The zero-order valence-electron chi connectivity index (χ0n) is 9.77. The van der Waals surface area contributed by atoms with E-state index in [2.05, 4.69) is 20.8 Å². The lowest BCUT2D eigenvalue weighted by Gasteiger charge is -2.17. The summed E-state index contributed by atoms with van der Waals surface area (Å²) in [5, 5.41) is 11.8. The second kappa shape index (κ2) is 4.77. The number of amides is 2. The predicted molar refractivity (Wildman–Crippen MR) is 72.3 cm³/mol. The summed E-state index contributed by atoms with van der Waals surface area (Å²) in [6.45, 7) is 0. The van der Waals surface area contributed by atoms with Crippen LogP contribution in [0.2, 0.25) is 0 Å². The predicted octanol–water partition coefficient (Wildman–Crippen LogP) is 1.71. The van der Waals surface area contributed by atoms with Gasteiger partial charge in [0.15, 0.2) is 0 Å². The molecule has 3 N–H and O–H groups in total. The highest BCUT2D eigenvalue weighted by molar-refractivity contribution is 8.00. The zero-order valence-corrected chi connectivity index (χ0v) is 10.6. The minimum Gasteiger partial charge on any atom is -0.324 e. The van der Waals surface area contributed by atoms with Gasteiger partial charge in [0.1, 0.15) is 0 Å². The number of benzene rings is 1. The summed E-state index contributed by atoms with van der Waals surface area (Å²) in [6, 6.07) is 5.43. The molecule has 0 radical (unpaired) electrons. The van der Waals surface area contributed by atoms with Gasteiger partial charge in [0.2, 0.25) is 5.91 Å². The first-order chi connectivity index (χ1) is 9.22. The highest BCUT2D eigenvalue weighted by atomic mass is 32.2. The SMILES string of the molecule is O=C1CSc2ccc(NC(=O)c3cn[nH]c3)cc2N1. The third kappa shape index (κ3) is 2.45. The Morgan fingerprint density at radius 2 is 2.32 bits per heavy atom. The van der Waals surface area contributed by atoms with Crippen molar-refractivity contribution in [2.75, 3.05) is 16.4 Å². The number of anilines is 2. The molecule has 0 spiro atoms. The molecule has 0 atom stereocenters. The molecule has 2 aromatic rings. The second-order valence-corrected chi connectivity index (χ2v) is 5.01. The Labute approximate surface area is 113 Å². The molecule has 1 aromatic carbocycles. The van der Waals surface area contributed by atoms with Crippen molar-refractivity contribution in [1.29, 1.82) is 0 Å². The van der Waals surface area contributed by atoms with Gasteiger partial charge in [-0.1, -0.05) is 0 Å². The normalized spacial score (nSPS) is 13.6. The third-order valence-corrected chi connectivity index (χ3v) is 3.70. The smallest absolute Gasteiger partial charge is 0.258 e. The lowest BCUT2D eigenvalue weighted by atomic mass is 10.2. The van der Waals surface area contributed by atoms with Gasteiger partial charge >= 0.3 is 0 Å². The summed E-state index contributed by atoms with van der Waals surface area (Å²) < 4.78 is 0. The number of H-pyrrole nitrogens is 1. The zero-order chi connectivity index (χ0) is 13.2.